The monoisotopic (exact) mass is 328 g/mol. The van der Waals surface area contributed by atoms with E-state index in [1.165, 1.54) is 0 Å². The van der Waals surface area contributed by atoms with E-state index in [4.69, 9.17) is 4.74 Å². The maximum absolute atomic E-state index is 11.9. The molecule has 1 fully saturated rings. The average Bonchev–Trinajstić information content (AvgIpc) is 2.30. The molecule has 102 valence electrons. The lowest BCUT2D eigenvalue weighted by Gasteiger charge is -2.33. The van der Waals surface area contributed by atoms with Crippen molar-refractivity contribution in [1.82, 2.24) is 9.21 Å². The van der Waals surface area contributed by atoms with Gasteiger partial charge in [0, 0.05) is 44.7 Å². The van der Waals surface area contributed by atoms with Gasteiger partial charge in [0.1, 0.15) is 0 Å². The molecule has 0 atom stereocenters. The lowest BCUT2D eigenvalue weighted by molar-refractivity contribution is 0.160. The summed E-state index contributed by atoms with van der Waals surface area (Å²) in [6, 6.07) is 0. The summed E-state index contributed by atoms with van der Waals surface area (Å²) >= 11 is 3.39. The highest BCUT2D eigenvalue weighted by atomic mass is 79.9. The van der Waals surface area contributed by atoms with E-state index >= 15 is 0 Å². The molecule has 0 aliphatic carbocycles. The quantitative estimate of drug-likeness (QED) is 0.500. The van der Waals surface area contributed by atoms with Gasteiger partial charge in [-0.25, -0.2) is 8.42 Å². The van der Waals surface area contributed by atoms with Crippen LogP contribution in [0.2, 0.25) is 0 Å². The second kappa shape index (κ2) is 7.68. The highest BCUT2D eigenvalue weighted by Crippen LogP contribution is 2.08. The molecule has 1 heterocycles. The van der Waals surface area contributed by atoms with E-state index in [0.29, 0.717) is 26.3 Å². The molecule has 0 amide bonds. The van der Waals surface area contributed by atoms with Gasteiger partial charge in [-0.2, -0.15) is 4.31 Å². The van der Waals surface area contributed by atoms with E-state index in [-0.39, 0.29) is 5.75 Å². The first kappa shape index (κ1) is 15.4. The molecule has 0 N–H and O–H groups in total. The van der Waals surface area contributed by atoms with Crippen LogP contribution in [0.1, 0.15) is 6.92 Å². The number of halogens is 1. The molecule has 1 saturated heterocycles. The molecule has 0 unspecified atom stereocenters. The van der Waals surface area contributed by atoms with E-state index in [1.807, 2.05) is 6.92 Å². The highest BCUT2D eigenvalue weighted by molar-refractivity contribution is 9.09. The van der Waals surface area contributed by atoms with Crippen LogP contribution in [0.3, 0.4) is 0 Å². The van der Waals surface area contributed by atoms with E-state index in [9.17, 15) is 8.42 Å². The van der Waals surface area contributed by atoms with Gasteiger partial charge in [-0.05, 0) is 6.92 Å². The molecule has 0 saturated carbocycles. The Kier molecular flexibility index (Phi) is 6.94. The van der Waals surface area contributed by atoms with Crippen LogP contribution in [-0.4, -0.2) is 74.6 Å². The molecule has 0 aromatic heterocycles. The molecule has 7 heteroatoms. The summed E-state index contributed by atoms with van der Waals surface area (Å²) in [7, 11) is -3.12. The summed E-state index contributed by atoms with van der Waals surface area (Å²) in [6.45, 7) is 6.54. The van der Waals surface area contributed by atoms with Crippen LogP contribution in [0.4, 0.5) is 0 Å². The Balaban J connectivity index is 2.36. The van der Waals surface area contributed by atoms with Gasteiger partial charge in [0.05, 0.1) is 12.4 Å². The molecule has 0 bridgehead atoms. The van der Waals surface area contributed by atoms with Crippen molar-refractivity contribution in [2.45, 2.75) is 6.92 Å². The lowest BCUT2D eigenvalue weighted by atomic mass is 10.4. The van der Waals surface area contributed by atoms with Gasteiger partial charge < -0.3 is 4.74 Å². The van der Waals surface area contributed by atoms with Crippen LogP contribution in [0.25, 0.3) is 0 Å². The summed E-state index contributed by atoms with van der Waals surface area (Å²) in [5, 5.41) is 0.935. The number of piperazine rings is 1. The number of nitrogens with zero attached hydrogens (tertiary/aromatic N) is 2. The Labute approximate surface area is 112 Å². The zero-order valence-electron chi connectivity index (χ0n) is 10.3. The Morgan fingerprint density at radius 2 is 1.88 bits per heavy atom. The smallest absolute Gasteiger partial charge is 0.216 e. The van der Waals surface area contributed by atoms with E-state index < -0.39 is 10.0 Å². The molecule has 1 aliphatic rings. The molecule has 1 rings (SSSR count). The molecule has 0 aromatic carbocycles. The zero-order chi connectivity index (χ0) is 12.7. The molecule has 0 radical (unpaired) electrons. The van der Waals surface area contributed by atoms with E-state index in [1.54, 1.807) is 4.31 Å². The second-order valence-corrected chi connectivity index (χ2v) is 6.82. The number of hydrogen-bond donors (Lipinski definition) is 0. The fraction of sp³-hybridized carbons (Fsp3) is 1.00. The fourth-order valence-electron chi connectivity index (χ4n) is 1.79. The zero-order valence-corrected chi connectivity index (χ0v) is 12.7. The third-order valence-corrected chi connectivity index (χ3v) is 5.00. The Morgan fingerprint density at radius 3 is 2.41 bits per heavy atom. The van der Waals surface area contributed by atoms with Crippen molar-refractivity contribution in [1.29, 1.82) is 0 Å². The van der Waals surface area contributed by atoms with Gasteiger partial charge >= 0.3 is 0 Å². The van der Waals surface area contributed by atoms with E-state index in [2.05, 4.69) is 20.8 Å². The summed E-state index contributed by atoms with van der Waals surface area (Å²) < 4.78 is 30.6. The van der Waals surface area contributed by atoms with Crippen LogP contribution in [0.5, 0.6) is 0 Å². The lowest BCUT2D eigenvalue weighted by Crippen LogP contribution is -2.49. The normalized spacial score (nSPS) is 19.6. The number of ether oxygens (including phenoxy) is 1. The van der Waals surface area contributed by atoms with Crippen LogP contribution < -0.4 is 0 Å². The summed E-state index contributed by atoms with van der Waals surface area (Å²) in [5.74, 6) is 0.0965. The van der Waals surface area contributed by atoms with Gasteiger partial charge in [0.25, 0.3) is 0 Å². The predicted octanol–water partition coefficient (Wildman–Crippen LogP) is 0.365. The van der Waals surface area contributed by atoms with Crippen molar-refractivity contribution in [3.63, 3.8) is 0 Å². The molecule has 17 heavy (non-hydrogen) atoms. The predicted molar refractivity (Wildman–Crippen MR) is 72.1 cm³/mol. The number of hydrogen-bond acceptors (Lipinski definition) is 4. The van der Waals surface area contributed by atoms with Crippen molar-refractivity contribution < 1.29 is 13.2 Å². The minimum absolute atomic E-state index is 0.0965. The number of sulfonamides is 1. The maximum atomic E-state index is 11.9. The first-order valence-electron chi connectivity index (χ1n) is 5.94. The topological polar surface area (TPSA) is 49.9 Å². The first-order chi connectivity index (χ1) is 8.10. The van der Waals surface area contributed by atoms with Crippen molar-refractivity contribution >= 4 is 26.0 Å². The third-order valence-electron chi connectivity index (χ3n) is 2.82. The Bertz CT molecular complexity index is 303. The highest BCUT2D eigenvalue weighted by Gasteiger charge is 2.26. The SMILES string of the molecule is CCOCCS(=O)(=O)N1CCN(CCBr)CC1. The number of alkyl halides is 1. The third kappa shape index (κ3) is 5.21. The largest absolute Gasteiger partial charge is 0.381 e. The minimum Gasteiger partial charge on any atom is -0.381 e. The Hall–Kier alpha value is 0.310. The molecule has 0 spiro atoms. The van der Waals surface area contributed by atoms with Crippen molar-refractivity contribution in [2.75, 3.05) is 57.0 Å². The first-order valence-corrected chi connectivity index (χ1v) is 8.67. The number of rotatable bonds is 7. The van der Waals surface area contributed by atoms with Crippen LogP contribution in [-0.2, 0) is 14.8 Å². The minimum atomic E-state index is -3.12. The summed E-state index contributed by atoms with van der Waals surface area (Å²) in [5.41, 5.74) is 0. The second-order valence-electron chi connectivity index (χ2n) is 3.94. The van der Waals surface area contributed by atoms with Crippen molar-refractivity contribution in [2.24, 2.45) is 0 Å². The van der Waals surface area contributed by atoms with Crippen LogP contribution >= 0.6 is 15.9 Å². The van der Waals surface area contributed by atoms with Crippen molar-refractivity contribution in [3.05, 3.63) is 0 Å². The fourth-order valence-corrected chi connectivity index (χ4v) is 3.60. The van der Waals surface area contributed by atoms with Crippen LogP contribution in [0, 0.1) is 0 Å². The van der Waals surface area contributed by atoms with Gasteiger partial charge in [0.15, 0.2) is 0 Å². The molecular weight excluding hydrogens is 308 g/mol. The van der Waals surface area contributed by atoms with Gasteiger partial charge in [-0.3, -0.25) is 4.90 Å². The standard InChI is InChI=1S/C10H21BrN2O3S/c1-2-16-9-10-17(14,15)13-7-5-12(4-3-11)6-8-13/h2-10H2,1H3. The molecule has 0 aromatic rings. The summed E-state index contributed by atoms with van der Waals surface area (Å²) in [6.07, 6.45) is 0. The molecular formula is C10H21BrN2O3S. The summed E-state index contributed by atoms with van der Waals surface area (Å²) in [4.78, 5) is 2.27. The maximum Gasteiger partial charge on any atom is 0.216 e. The van der Waals surface area contributed by atoms with Gasteiger partial charge in [-0.15, -0.1) is 0 Å². The molecule has 5 nitrogen and oxygen atoms in total. The average molecular weight is 329 g/mol. The van der Waals surface area contributed by atoms with Gasteiger partial charge in [0.2, 0.25) is 10.0 Å². The Morgan fingerprint density at radius 1 is 1.24 bits per heavy atom. The van der Waals surface area contributed by atoms with E-state index in [0.717, 1.165) is 25.0 Å². The molecule has 1 aliphatic heterocycles. The van der Waals surface area contributed by atoms with Gasteiger partial charge in [-0.1, -0.05) is 15.9 Å². The van der Waals surface area contributed by atoms with Crippen molar-refractivity contribution in [3.8, 4) is 0 Å². The van der Waals surface area contributed by atoms with Crippen LogP contribution in [0.15, 0.2) is 0 Å².